The zero-order chi connectivity index (χ0) is 16.4. The van der Waals surface area contributed by atoms with Gasteiger partial charge in [-0.15, -0.1) is 0 Å². The molecular weight excluding hydrogens is 284 g/mol. The highest BCUT2D eigenvalue weighted by atomic mass is 16.6. The first kappa shape index (κ1) is 16.5. The molecule has 5 nitrogen and oxygen atoms in total. The summed E-state index contributed by atoms with van der Waals surface area (Å²) in [6, 6.07) is 0. The minimum Gasteiger partial charge on any atom is -0.462 e. The third-order valence-electron chi connectivity index (χ3n) is 4.29. The van der Waals surface area contributed by atoms with Gasteiger partial charge in [-0.05, 0) is 31.3 Å². The topological polar surface area (TPSA) is 69.7 Å². The van der Waals surface area contributed by atoms with Crippen LogP contribution in [0.5, 0.6) is 0 Å². The lowest BCUT2D eigenvalue weighted by Crippen LogP contribution is -2.22. The quantitative estimate of drug-likeness (QED) is 0.589. The molecule has 0 aromatic heterocycles. The first-order chi connectivity index (χ1) is 10.3. The van der Waals surface area contributed by atoms with Crippen molar-refractivity contribution < 1.29 is 23.9 Å². The molecule has 5 heteroatoms. The van der Waals surface area contributed by atoms with Gasteiger partial charge in [0.05, 0.1) is 0 Å². The summed E-state index contributed by atoms with van der Waals surface area (Å²) in [6.45, 7) is 8.78. The third-order valence-corrected chi connectivity index (χ3v) is 4.29. The molecule has 1 aliphatic heterocycles. The van der Waals surface area contributed by atoms with Gasteiger partial charge in [0, 0.05) is 24.8 Å². The van der Waals surface area contributed by atoms with Crippen LogP contribution in [-0.2, 0) is 23.9 Å². The van der Waals surface area contributed by atoms with Gasteiger partial charge in [0.15, 0.2) is 5.78 Å². The Labute approximate surface area is 130 Å². The zero-order valence-corrected chi connectivity index (χ0v) is 13.3. The Bertz CT molecular complexity index is 545. The fraction of sp³-hybridized carbons (Fsp3) is 0.588. The summed E-state index contributed by atoms with van der Waals surface area (Å²) in [7, 11) is 0. The van der Waals surface area contributed by atoms with Crippen molar-refractivity contribution in [3.8, 4) is 0 Å². The predicted octanol–water partition coefficient (Wildman–Crippen LogP) is 2.35. The Morgan fingerprint density at radius 2 is 2.18 bits per heavy atom. The van der Waals surface area contributed by atoms with E-state index < -0.39 is 6.10 Å². The third kappa shape index (κ3) is 3.46. The van der Waals surface area contributed by atoms with Crippen LogP contribution in [-0.4, -0.2) is 29.9 Å². The number of esters is 2. The molecule has 1 saturated heterocycles. The molecule has 1 aliphatic carbocycles. The molecule has 4 unspecified atom stereocenters. The Balaban J connectivity index is 2.06. The Kier molecular flexibility index (Phi) is 4.84. The van der Waals surface area contributed by atoms with E-state index in [0.717, 1.165) is 5.57 Å². The number of allylic oxidation sites excluding steroid dienone is 2. The number of ketones is 1. The van der Waals surface area contributed by atoms with Crippen molar-refractivity contribution in [1.82, 2.24) is 0 Å². The van der Waals surface area contributed by atoms with E-state index in [4.69, 9.17) is 9.47 Å². The molecule has 1 heterocycles. The second-order valence-electron chi connectivity index (χ2n) is 6.15. The molecule has 22 heavy (non-hydrogen) atoms. The molecule has 0 aromatic carbocycles. The van der Waals surface area contributed by atoms with Crippen LogP contribution in [0.1, 0.15) is 40.0 Å². The van der Waals surface area contributed by atoms with Gasteiger partial charge in [0.2, 0.25) is 0 Å². The summed E-state index contributed by atoms with van der Waals surface area (Å²) in [6.07, 6.45) is 2.64. The van der Waals surface area contributed by atoms with Crippen molar-refractivity contribution >= 4 is 17.7 Å². The van der Waals surface area contributed by atoms with Crippen LogP contribution in [0, 0.1) is 11.8 Å². The number of Topliss-reactive ketones (excluding diaryl/α,β-unsaturated/α-hetero) is 1. The first-order valence-electron chi connectivity index (χ1n) is 7.59. The van der Waals surface area contributed by atoms with Crippen molar-refractivity contribution in [3.05, 3.63) is 23.8 Å². The van der Waals surface area contributed by atoms with Gasteiger partial charge < -0.3 is 9.47 Å². The smallest absolute Gasteiger partial charge is 0.334 e. The lowest BCUT2D eigenvalue weighted by atomic mass is 9.89. The van der Waals surface area contributed by atoms with E-state index in [1.54, 1.807) is 6.92 Å². The van der Waals surface area contributed by atoms with Crippen molar-refractivity contribution in [1.29, 1.82) is 0 Å². The fourth-order valence-corrected chi connectivity index (χ4v) is 3.20. The molecule has 0 N–H and O–H groups in total. The van der Waals surface area contributed by atoms with Crippen molar-refractivity contribution in [3.63, 3.8) is 0 Å². The van der Waals surface area contributed by atoms with Gasteiger partial charge in [-0.3, -0.25) is 9.59 Å². The van der Waals surface area contributed by atoms with Crippen LogP contribution >= 0.6 is 0 Å². The maximum atomic E-state index is 12.4. The van der Waals surface area contributed by atoms with Crippen LogP contribution in [0.3, 0.4) is 0 Å². The SMILES string of the molecule is C=C1C(=O)OC2CC(C)C(C(=O)CC(C)OC(C)=O)=CCC12. The predicted molar refractivity (Wildman–Crippen MR) is 79.8 cm³/mol. The standard InChI is InChI=1S/C17H22O5/c1-9-7-16-14(11(3)17(20)22-16)6-5-13(9)15(19)8-10(2)21-12(4)18/h5,9-10,14,16H,3,6-8H2,1-2,4H3. The summed E-state index contributed by atoms with van der Waals surface area (Å²) in [4.78, 5) is 34.9. The average molecular weight is 306 g/mol. The summed E-state index contributed by atoms with van der Waals surface area (Å²) in [5, 5.41) is 0. The van der Waals surface area contributed by atoms with E-state index in [1.807, 2.05) is 13.0 Å². The number of hydrogen-bond acceptors (Lipinski definition) is 5. The summed E-state index contributed by atoms with van der Waals surface area (Å²) in [5.74, 6) is -0.759. The van der Waals surface area contributed by atoms with Crippen molar-refractivity contribution in [2.45, 2.75) is 52.2 Å². The number of carbonyl (C=O) groups excluding carboxylic acids is 3. The highest BCUT2D eigenvalue weighted by Crippen LogP contribution is 2.38. The van der Waals surface area contributed by atoms with Gasteiger partial charge in [0.1, 0.15) is 12.2 Å². The molecule has 0 amide bonds. The number of rotatable bonds is 4. The normalized spacial score (nSPS) is 29.0. The molecule has 2 aliphatic rings. The number of hydrogen-bond donors (Lipinski definition) is 0. The lowest BCUT2D eigenvalue weighted by molar-refractivity contribution is -0.146. The molecule has 4 atom stereocenters. The summed E-state index contributed by atoms with van der Waals surface area (Å²) < 4.78 is 10.4. The van der Waals surface area contributed by atoms with Gasteiger partial charge in [-0.25, -0.2) is 4.79 Å². The van der Waals surface area contributed by atoms with Crippen LogP contribution in [0.15, 0.2) is 23.8 Å². The molecule has 2 rings (SSSR count). The van der Waals surface area contributed by atoms with Gasteiger partial charge in [-0.2, -0.15) is 0 Å². The summed E-state index contributed by atoms with van der Waals surface area (Å²) in [5.41, 5.74) is 1.23. The molecule has 0 bridgehead atoms. The monoisotopic (exact) mass is 306 g/mol. The largest absolute Gasteiger partial charge is 0.462 e. The van der Waals surface area contributed by atoms with Gasteiger partial charge in [-0.1, -0.05) is 19.6 Å². The maximum Gasteiger partial charge on any atom is 0.334 e. The minimum absolute atomic E-state index is 0.00530. The number of fused-ring (bicyclic) bond motifs is 1. The molecular formula is C17H22O5. The van der Waals surface area contributed by atoms with Crippen LogP contribution in [0.2, 0.25) is 0 Å². The number of ether oxygens (including phenoxy) is 2. The average Bonchev–Trinajstić information content (AvgIpc) is 2.56. The Morgan fingerprint density at radius 1 is 1.50 bits per heavy atom. The van der Waals surface area contributed by atoms with Crippen LogP contribution < -0.4 is 0 Å². The van der Waals surface area contributed by atoms with E-state index >= 15 is 0 Å². The summed E-state index contributed by atoms with van der Waals surface area (Å²) >= 11 is 0. The van der Waals surface area contributed by atoms with Crippen LogP contribution in [0.4, 0.5) is 0 Å². The molecule has 0 saturated carbocycles. The van der Waals surface area contributed by atoms with Gasteiger partial charge in [0.25, 0.3) is 0 Å². The minimum atomic E-state index is -0.436. The molecule has 0 radical (unpaired) electrons. The van der Waals surface area contributed by atoms with E-state index in [1.165, 1.54) is 6.92 Å². The van der Waals surface area contributed by atoms with Crippen molar-refractivity contribution in [2.75, 3.05) is 0 Å². The van der Waals surface area contributed by atoms with Crippen LogP contribution in [0.25, 0.3) is 0 Å². The first-order valence-corrected chi connectivity index (χ1v) is 7.59. The van der Waals surface area contributed by atoms with Gasteiger partial charge >= 0.3 is 11.9 Å². The Morgan fingerprint density at radius 3 is 2.82 bits per heavy atom. The number of carbonyl (C=O) groups is 3. The lowest BCUT2D eigenvalue weighted by Gasteiger charge is -2.18. The second kappa shape index (κ2) is 6.46. The highest BCUT2D eigenvalue weighted by Gasteiger charge is 2.41. The van der Waals surface area contributed by atoms with E-state index in [2.05, 4.69) is 6.58 Å². The maximum absolute atomic E-state index is 12.4. The van der Waals surface area contributed by atoms with E-state index in [0.29, 0.717) is 18.4 Å². The van der Waals surface area contributed by atoms with E-state index in [9.17, 15) is 14.4 Å². The molecule has 0 spiro atoms. The van der Waals surface area contributed by atoms with Crippen molar-refractivity contribution in [2.24, 2.45) is 11.8 Å². The molecule has 1 fully saturated rings. The highest BCUT2D eigenvalue weighted by molar-refractivity contribution is 5.96. The van der Waals surface area contributed by atoms with E-state index in [-0.39, 0.29) is 42.1 Å². The molecule has 120 valence electrons. The Hall–Kier alpha value is -1.91. The second-order valence-corrected chi connectivity index (χ2v) is 6.15. The fourth-order valence-electron chi connectivity index (χ4n) is 3.20. The zero-order valence-electron chi connectivity index (χ0n) is 13.3. The molecule has 0 aromatic rings.